The van der Waals surface area contributed by atoms with Crippen molar-refractivity contribution in [3.05, 3.63) is 58.7 Å². The van der Waals surface area contributed by atoms with Crippen LogP contribution in [-0.4, -0.2) is 29.1 Å². The second-order valence-electron chi connectivity index (χ2n) is 9.95. The Bertz CT molecular complexity index is 1120. The van der Waals surface area contributed by atoms with Crippen molar-refractivity contribution in [2.75, 3.05) is 7.11 Å². The summed E-state index contributed by atoms with van der Waals surface area (Å²) in [4.78, 5) is 5.77. The number of phenolic OH excluding ortho intramolecular Hbond substituents is 1. The monoisotopic (exact) mass is 446 g/mol. The average molecular weight is 447 g/mol. The number of aliphatic hydroxyl groups excluding tert-OH is 1. The Morgan fingerprint density at radius 3 is 2.70 bits per heavy atom. The first-order valence-corrected chi connectivity index (χ1v) is 11.7. The Morgan fingerprint density at radius 1 is 1.18 bits per heavy atom. The van der Waals surface area contributed by atoms with E-state index in [-0.39, 0.29) is 17.3 Å². The SMILES string of the molecule is COc1cc2c(cc1O)C(=NOCc1ccc(C#N)cc1)C[C@@H]1[C@@H]2CC[C@]2(C)C(O)CC[C@@H]12. The summed E-state index contributed by atoms with van der Waals surface area (Å²) >= 11 is 0. The number of aliphatic hydroxyl groups is 1. The highest BCUT2D eigenvalue weighted by atomic mass is 16.6. The minimum atomic E-state index is -0.243. The quantitative estimate of drug-likeness (QED) is 0.654. The summed E-state index contributed by atoms with van der Waals surface area (Å²) in [6.45, 7) is 2.55. The summed E-state index contributed by atoms with van der Waals surface area (Å²) in [6.07, 6.45) is 4.43. The van der Waals surface area contributed by atoms with Crippen LogP contribution < -0.4 is 4.74 Å². The predicted octanol–water partition coefficient (Wildman–Crippen LogP) is 4.87. The van der Waals surface area contributed by atoms with Gasteiger partial charge in [0.1, 0.15) is 6.61 Å². The van der Waals surface area contributed by atoms with Crippen LogP contribution in [0.25, 0.3) is 0 Å². The van der Waals surface area contributed by atoms with Crippen LogP contribution in [0.5, 0.6) is 11.5 Å². The molecule has 0 heterocycles. The summed E-state index contributed by atoms with van der Waals surface area (Å²) in [5.74, 6) is 1.75. The number of aromatic hydroxyl groups is 1. The van der Waals surface area contributed by atoms with Crippen LogP contribution in [0.4, 0.5) is 0 Å². The van der Waals surface area contributed by atoms with Crippen molar-refractivity contribution in [2.24, 2.45) is 22.4 Å². The standard InChI is InChI=1S/C27H30N2O4/c1-27-10-9-18-19-13-25(32-2)24(30)12-21(19)23(11-20(18)22(27)7-8-26(27)31)29-33-15-17-5-3-16(14-28)4-6-17/h3-6,12-13,18,20,22,26,30-31H,7-11,15H2,1-2H3/t18-,20-,22+,26?,27+/m1/s1. The van der Waals surface area contributed by atoms with Gasteiger partial charge in [-0.2, -0.15) is 5.26 Å². The number of hydrogen-bond acceptors (Lipinski definition) is 6. The number of oxime groups is 1. The Hall–Kier alpha value is -3.04. The van der Waals surface area contributed by atoms with Crippen molar-refractivity contribution in [1.29, 1.82) is 5.26 Å². The van der Waals surface area contributed by atoms with Crippen molar-refractivity contribution in [2.45, 2.75) is 57.7 Å². The van der Waals surface area contributed by atoms with Gasteiger partial charge in [-0.05, 0) is 90.7 Å². The molecular weight excluding hydrogens is 416 g/mol. The number of methoxy groups -OCH3 is 1. The van der Waals surface area contributed by atoms with E-state index in [0.717, 1.165) is 54.5 Å². The lowest BCUT2D eigenvalue weighted by Crippen LogP contribution is -2.45. The van der Waals surface area contributed by atoms with E-state index in [4.69, 9.17) is 14.8 Å². The molecular formula is C27H30N2O4. The fraction of sp³-hybridized carbons (Fsp3) is 0.481. The zero-order valence-electron chi connectivity index (χ0n) is 19.1. The first-order chi connectivity index (χ1) is 15.9. The third kappa shape index (κ3) is 3.65. The molecule has 0 spiro atoms. The molecule has 172 valence electrons. The molecule has 6 heteroatoms. The summed E-state index contributed by atoms with van der Waals surface area (Å²) in [5, 5.41) is 34.7. The van der Waals surface area contributed by atoms with E-state index in [9.17, 15) is 10.2 Å². The van der Waals surface area contributed by atoms with Crippen molar-refractivity contribution in [1.82, 2.24) is 0 Å². The van der Waals surface area contributed by atoms with E-state index >= 15 is 0 Å². The molecule has 6 nitrogen and oxygen atoms in total. The van der Waals surface area contributed by atoms with E-state index in [1.165, 1.54) is 0 Å². The highest BCUT2D eigenvalue weighted by Gasteiger charge is 2.55. The van der Waals surface area contributed by atoms with Crippen LogP contribution in [0.1, 0.15) is 67.2 Å². The van der Waals surface area contributed by atoms with E-state index in [0.29, 0.717) is 35.7 Å². The molecule has 0 amide bonds. The van der Waals surface area contributed by atoms with Gasteiger partial charge in [-0.15, -0.1) is 0 Å². The second kappa shape index (κ2) is 8.39. The normalized spacial score (nSPS) is 31.3. The zero-order valence-corrected chi connectivity index (χ0v) is 19.1. The first kappa shape index (κ1) is 21.8. The van der Waals surface area contributed by atoms with Gasteiger partial charge in [0.05, 0.1) is 30.6 Å². The van der Waals surface area contributed by atoms with Gasteiger partial charge >= 0.3 is 0 Å². The molecule has 2 aromatic rings. The molecule has 0 bridgehead atoms. The van der Waals surface area contributed by atoms with Gasteiger partial charge in [0.2, 0.25) is 0 Å². The molecule has 1 unspecified atom stereocenters. The fourth-order valence-corrected chi connectivity index (χ4v) is 6.51. The molecule has 0 saturated heterocycles. The van der Waals surface area contributed by atoms with Gasteiger partial charge in [0.15, 0.2) is 11.5 Å². The van der Waals surface area contributed by atoms with Crippen LogP contribution in [0.3, 0.4) is 0 Å². The zero-order chi connectivity index (χ0) is 23.2. The number of nitrogens with zero attached hydrogens (tertiary/aromatic N) is 2. The number of rotatable bonds is 4. The Balaban J connectivity index is 1.47. The number of hydrogen-bond donors (Lipinski definition) is 2. The maximum Gasteiger partial charge on any atom is 0.160 e. The molecule has 0 aromatic heterocycles. The maximum atomic E-state index is 10.7. The highest BCUT2D eigenvalue weighted by Crippen LogP contribution is 2.61. The lowest BCUT2D eigenvalue weighted by atomic mass is 9.55. The predicted molar refractivity (Wildman–Crippen MR) is 124 cm³/mol. The second-order valence-corrected chi connectivity index (χ2v) is 9.95. The average Bonchev–Trinajstić information content (AvgIpc) is 3.13. The van der Waals surface area contributed by atoms with Crippen LogP contribution in [0, 0.1) is 28.6 Å². The largest absolute Gasteiger partial charge is 0.504 e. The maximum absolute atomic E-state index is 10.7. The topological polar surface area (TPSA) is 95.1 Å². The Morgan fingerprint density at radius 2 is 1.97 bits per heavy atom. The van der Waals surface area contributed by atoms with Gasteiger partial charge in [-0.1, -0.05) is 24.2 Å². The summed E-state index contributed by atoms with van der Waals surface area (Å²) in [6, 6.07) is 13.1. The van der Waals surface area contributed by atoms with Crippen LogP contribution in [0.2, 0.25) is 0 Å². The molecule has 2 saturated carbocycles. The highest BCUT2D eigenvalue weighted by molar-refractivity contribution is 6.03. The van der Waals surface area contributed by atoms with Crippen molar-refractivity contribution < 1.29 is 19.8 Å². The van der Waals surface area contributed by atoms with Gasteiger partial charge in [-0.25, -0.2) is 0 Å². The summed E-state index contributed by atoms with van der Waals surface area (Å²) in [5.41, 5.74) is 4.42. The lowest BCUT2D eigenvalue weighted by molar-refractivity contribution is -0.0180. The van der Waals surface area contributed by atoms with Gasteiger partial charge in [-0.3, -0.25) is 0 Å². The molecule has 0 radical (unpaired) electrons. The minimum absolute atomic E-state index is 0.0475. The molecule has 33 heavy (non-hydrogen) atoms. The van der Waals surface area contributed by atoms with Crippen LogP contribution in [0.15, 0.2) is 41.6 Å². The van der Waals surface area contributed by atoms with Gasteiger partial charge in [0, 0.05) is 5.56 Å². The van der Waals surface area contributed by atoms with Crippen molar-refractivity contribution in [3.63, 3.8) is 0 Å². The molecule has 2 aromatic carbocycles. The van der Waals surface area contributed by atoms with E-state index in [1.54, 1.807) is 25.3 Å². The molecule has 3 aliphatic carbocycles. The van der Waals surface area contributed by atoms with Crippen LogP contribution in [-0.2, 0) is 11.4 Å². The van der Waals surface area contributed by atoms with E-state index in [1.807, 2.05) is 18.2 Å². The van der Waals surface area contributed by atoms with Gasteiger partial charge < -0.3 is 19.8 Å². The van der Waals surface area contributed by atoms with Crippen molar-refractivity contribution in [3.8, 4) is 17.6 Å². The number of benzene rings is 2. The van der Waals surface area contributed by atoms with E-state index < -0.39 is 0 Å². The Kier molecular flexibility index (Phi) is 5.54. The van der Waals surface area contributed by atoms with Gasteiger partial charge in [0.25, 0.3) is 0 Å². The molecule has 5 atom stereocenters. The molecule has 2 N–H and O–H groups in total. The summed E-state index contributed by atoms with van der Waals surface area (Å²) < 4.78 is 5.42. The number of nitriles is 1. The van der Waals surface area contributed by atoms with Crippen molar-refractivity contribution >= 4 is 5.71 Å². The molecule has 0 aliphatic heterocycles. The van der Waals surface area contributed by atoms with E-state index in [2.05, 4.69) is 18.1 Å². The number of ether oxygens (including phenoxy) is 1. The third-order valence-corrected chi connectivity index (χ3v) is 8.37. The smallest absolute Gasteiger partial charge is 0.160 e. The lowest BCUT2D eigenvalue weighted by Gasteiger charge is -2.50. The number of fused-ring (bicyclic) bond motifs is 5. The summed E-state index contributed by atoms with van der Waals surface area (Å²) in [7, 11) is 1.57. The Labute approximate surface area is 194 Å². The molecule has 3 aliphatic rings. The number of phenols is 1. The molecule has 2 fully saturated rings. The molecule has 5 rings (SSSR count). The first-order valence-electron chi connectivity index (χ1n) is 11.7. The van der Waals surface area contributed by atoms with Crippen LogP contribution >= 0.6 is 0 Å². The fourth-order valence-electron chi connectivity index (χ4n) is 6.51. The minimum Gasteiger partial charge on any atom is -0.504 e. The third-order valence-electron chi connectivity index (χ3n) is 8.37.